The second-order valence-corrected chi connectivity index (χ2v) is 6.29. The summed E-state index contributed by atoms with van der Waals surface area (Å²) in [6.07, 6.45) is 2.87. The van der Waals surface area contributed by atoms with E-state index in [4.69, 9.17) is 4.74 Å². The van der Waals surface area contributed by atoms with Crippen molar-refractivity contribution in [3.63, 3.8) is 0 Å². The quantitative estimate of drug-likeness (QED) is 0.802. The third-order valence-corrected chi connectivity index (χ3v) is 4.19. The third kappa shape index (κ3) is 6.02. The zero-order valence-electron chi connectivity index (χ0n) is 15.3. The molecule has 1 aromatic heterocycles. The zero-order chi connectivity index (χ0) is 18.9. The van der Waals surface area contributed by atoms with E-state index in [9.17, 15) is 14.4 Å². The first-order valence-corrected chi connectivity index (χ1v) is 8.91. The molecule has 1 aromatic rings. The smallest absolute Gasteiger partial charge is 0.407 e. The van der Waals surface area contributed by atoms with E-state index in [1.165, 1.54) is 0 Å². The lowest BCUT2D eigenvalue weighted by atomic mass is 9.97. The van der Waals surface area contributed by atoms with Crippen molar-refractivity contribution in [1.29, 1.82) is 0 Å². The van der Waals surface area contributed by atoms with Crippen molar-refractivity contribution in [2.75, 3.05) is 31.6 Å². The van der Waals surface area contributed by atoms with Gasteiger partial charge in [0, 0.05) is 32.3 Å². The van der Waals surface area contributed by atoms with Crippen LogP contribution in [0.1, 0.15) is 31.7 Å². The molecule has 0 radical (unpaired) electrons. The Morgan fingerprint density at radius 2 is 2.15 bits per heavy atom. The Kier molecular flexibility index (Phi) is 7.37. The predicted octanol–water partition coefficient (Wildman–Crippen LogP) is 1.70. The lowest BCUT2D eigenvalue weighted by Gasteiger charge is -2.32. The van der Waals surface area contributed by atoms with Crippen LogP contribution in [0.4, 0.5) is 10.6 Å². The summed E-state index contributed by atoms with van der Waals surface area (Å²) >= 11 is 0. The number of nitrogens with zero attached hydrogens (tertiary/aromatic N) is 2. The van der Waals surface area contributed by atoms with Gasteiger partial charge in [-0.05, 0) is 38.3 Å². The van der Waals surface area contributed by atoms with E-state index in [1.54, 1.807) is 24.1 Å². The molecule has 1 fully saturated rings. The number of carbonyl (C=O) groups excluding carboxylic acids is 3. The molecule has 0 aliphatic carbocycles. The fourth-order valence-corrected chi connectivity index (χ4v) is 2.80. The summed E-state index contributed by atoms with van der Waals surface area (Å²) < 4.78 is 4.75. The molecule has 0 unspecified atom stereocenters. The molecule has 2 rings (SSSR count). The van der Waals surface area contributed by atoms with Crippen LogP contribution in [0.5, 0.6) is 0 Å². The SMILES string of the molecule is CCOC(=O)NCCC(=O)N1CCC[C@H](C(=O)Nc2ccc(C)cn2)C1. The van der Waals surface area contributed by atoms with E-state index < -0.39 is 6.09 Å². The van der Waals surface area contributed by atoms with E-state index in [2.05, 4.69) is 15.6 Å². The van der Waals surface area contributed by atoms with Gasteiger partial charge >= 0.3 is 6.09 Å². The Hall–Kier alpha value is -2.64. The molecule has 8 nitrogen and oxygen atoms in total. The van der Waals surface area contributed by atoms with Gasteiger partial charge in [0.15, 0.2) is 0 Å². The van der Waals surface area contributed by atoms with E-state index in [0.29, 0.717) is 25.5 Å². The number of anilines is 1. The lowest BCUT2D eigenvalue weighted by molar-refractivity contribution is -0.134. The van der Waals surface area contributed by atoms with E-state index in [0.717, 1.165) is 18.4 Å². The third-order valence-electron chi connectivity index (χ3n) is 4.19. The summed E-state index contributed by atoms with van der Waals surface area (Å²) in [5.74, 6) is 0.0627. The van der Waals surface area contributed by atoms with Crippen LogP contribution in [0.25, 0.3) is 0 Å². The fourth-order valence-electron chi connectivity index (χ4n) is 2.80. The van der Waals surface area contributed by atoms with Crippen LogP contribution in [0.15, 0.2) is 18.3 Å². The number of piperidine rings is 1. The molecule has 8 heteroatoms. The number of carbonyl (C=O) groups is 3. The second-order valence-electron chi connectivity index (χ2n) is 6.29. The molecule has 1 saturated heterocycles. The summed E-state index contributed by atoms with van der Waals surface area (Å²) in [4.78, 5) is 41.8. The summed E-state index contributed by atoms with van der Waals surface area (Å²) in [5, 5.41) is 5.34. The van der Waals surface area contributed by atoms with Crippen LogP contribution < -0.4 is 10.6 Å². The number of aromatic nitrogens is 1. The van der Waals surface area contributed by atoms with E-state index in [-0.39, 0.29) is 30.7 Å². The highest BCUT2D eigenvalue weighted by Crippen LogP contribution is 2.19. The molecule has 26 heavy (non-hydrogen) atoms. The molecule has 1 atom stereocenters. The maximum atomic E-state index is 12.4. The summed E-state index contributed by atoms with van der Waals surface area (Å²) in [5.41, 5.74) is 1.02. The average molecular weight is 362 g/mol. The van der Waals surface area contributed by atoms with Gasteiger partial charge in [-0.1, -0.05) is 6.07 Å². The molecule has 1 aliphatic heterocycles. The average Bonchev–Trinajstić information content (AvgIpc) is 2.64. The van der Waals surface area contributed by atoms with Crippen LogP contribution in [-0.4, -0.2) is 54.0 Å². The number of hydrogen-bond acceptors (Lipinski definition) is 5. The number of aryl methyl sites for hydroxylation is 1. The predicted molar refractivity (Wildman–Crippen MR) is 96.5 cm³/mol. The van der Waals surface area contributed by atoms with Gasteiger partial charge in [0.05, 0.1) is 12.5 Å². The van der Waals surface area contributed by atoms with Crippen molar-refractivity contribution in [3.8, 4) is 0 Å². The van der Waals surface area contributed by atoms with Crippen molar-refractivity contribution >= 4 is 23.7 Å². The number of rotatable bonds is 6. The topological polar surface area (TPSA) is 101 Å². The highest BCUT2D eigenvalue weighted by molar-refractivity contribution is 5.92. The minimum absolute atomic E-state index is 0.0761. The normalized spacial score (nSPS) is 16.7. The molecule has 0 saturated carbocycles. The Balaban J connectivity index is 1.79. The van der Waals surface area contributed by atoms with Gasteiger partial charge in [0.2, 0.25) is 11.8 Å². The molecule has 142 valence electrons. The van der Waals surface area contributed by atoms with Gasteiger partial charge in [-0.15, -0.1) is 0 Å². The Morgan fingerprint density at radius 1 is 1.35 bits per heavy atom. The van der Waals surface area contributed by atoms with Gasteiger partial charge in [0.1, 0.15) is 5.82 Å². The van der Waals surface area contributed by atoms with Gasteiger partial charge < -0.3 is 20.3 Å². The molecule has 0 bridgehead atoms. The summed E-state index contributed by atoms with van der Waals surface area (Å²) in [7, 11) is 0. The van der Waals surface area contributed by atoms with E-state index >= 15 is 0 Å². The van der Waals surface area contributed by atoms with Crippen LogP contribution in [0.3, 0.4) is 0 Å². The second kappa shape index (κ2) is 9.74. The molecule has 0 spiro atoms. The molecule has 1 aliphatic rings. The monoisotopic (exact) mass is 362 g/mol. The van der Waals surface area contributed by atoms with Crippen LogP contribution >= 0.6 is 0 Å². The molecule has 2 N–H and O–H groups in total. The van der Waals surface area contributed by atoms with Gasteiger partial charge in [-0.2, -0.15) is 0 Å². The highest BCUT2D eigenvalue weighted by atomic mass is 16.5. The van der Waals surface area contributed by atoms with Crippen LogP contribution in [-0.2, 0) is 14.3 Å². The zero-order valence-corrected chi connectivity index (χ0v) is 15.3. The standard InChI is InChI=1S/C18H26N4O4/c1-3-26-18(25)19-9-8-16(23)22-10-4-5-14(12-22)17(24)21-15-7-6-13(2)11-20-15/h6-7,11,14H,3-5,8-10,12H2,1-2H3,(H,19,25)(H,20,21,24)/t14-/m0/s1. The Bertz CT molecular complexity index is 633. The van der Waals surface area contributed by atoms with Crippen molar-refractivity contribution < 1.29 is 19.1 Å². The summed E-state index contributed by atoms with van der Waals surface area (Å²) in [6, 6.07) is 3.65. The van der Waals surface area contributed by atoms with Gasteiger partial charge in [-0.3, -0.25) is 9.59 Å². The Morgan fingerprint density at radius 3 is 2.85 bits per heavy atom. The first-order valence-electron chi connectivity index (χ1n) is 8.91. The Labute approximate surface area is 153 Å². The van der Waals surface area contributed by atoms with E-state index in [1.807, 2.05) is 13.0 Å². The number of hydrogen-bond donors (Lipinski definition) is 2. The molecular formula is C18H26N4O4. The first kappa shape index (κ1) is 19.7. The molecule has 3 amide bonds. The molecular weight excluding hydrogens is 336 g/mol. The van der Waals surface area contributed by atoms with Crippen molar-refractivity contribution in [2.24, 2.45) is 5.92 Å². The number of ether oxygens (including phenoxy) is 1. The van der Waals surface area contributed by atoms with Crippen molar-refractivity contribution in [1.82, 2.24) is 15.2 Å². The van der Waals surface area contributed by atoms with Crippen LogP contribution in [0.2, 0.25) is 0 Å². The highest BCUT2D eigenvalue weighted by Gasteiger charge is 2.28. The number of likely N-dealkylation sites (tertiary alicyclic amines) is 1. The van der Waals surface area contributed by atoms with Crippen molar-refractivity contribution in [3.05, 3.63) is 23.9 Å². The maximum absolute atomic E-state index is 12.4. The first-order chi connectivity index (χ1) is 12.5. The summed E-state index contributed by atoms with van der Waals surface area (Å²) in [6.45, 7) is 5.17. The fraction of sp³-hybridized carbons (Fsp3) is 0.556. The lowest BCUT2D eigenvalue weighted by Crippen LogP contribution is -2.44. The minimum Gasteiger partial charge on any atom is -0.450 e. The number of pyridine rings is 1. The van der Waals surface area contributed by atoms with Crippen molar-refractivity contribution in [2.45, 2.75) is 33.1 Å². The largest absolute Gasteiger partial charge is 0.450 e. The molecule has 2 heterocycles. The maximum Gasteiger partial charge on any atom is 0.407 e. The number of nitrogens with one attached hydrogen (secondary N) is 2. The number of amides is 3. The van der Waals surface area contributed by atoms with Gasteiger partial charge in [0.25, 0.3) is 0 Å². The number of alkyl carbamates (subject to hydrolysis) is 1. The minimum atomic E-state index is -0.526. The van der Waals surface area contributed by atoms with Crippen LogP contribution in [0, 0.1) is 12.8 Å². The molecule has 0 aromatic carbocycles. The van der Waals surface area contributed by atoms with Gasteiger partial charge in [-0.25, -0.2) is 9.78 Å².